The van der Waals surface area contributed by atoms with Crippen LogP contribution in [0.1, 0.15) is 15.9 Å². The van der Waals surface area contributed by atoms with Crippen LogP contribution in [0.25, 0.3) is 10.9 Å². The predicted molar refractivity (Wildman–Crippen MR) is 103 cm³/mol. The molecule has 5 nitrogen and oxygen atoms in total. The monoisotopic (exact) mass is 418 g/mol. The van der Waals surface area contributed by atoms with Gasteiger partial charge in [0.05, 0.1) is 11.2 Å². The number of nitrogens with zero attached hydrogens (tertiary/aromatic N) is 2. The summed E-state index contributed by atoms with van der Waals surface area (Å²) >= 11 is 3.41. The molecule has 0 radical (unpaired) electrons. The number of carbonyl (C=O) groups is 1. The molecule has 0 amide bonds. The molecule has 0 fully saturated rings. The van der Waals surface area contributed by atoms with Gasteiger partial charge in [0.25, 0.3) is 0 Å². The molecular formula is C19H16BrFN2O3. The number of fused-ring (bicyclic) bond motifs is 1. The van der Waals surface area contributed by atoms with Crippen LogP contribution in [0.2, 0.25) is 0 Å². The number of aromatic nitrogens is 1. The fourth-order valence-electron chi connectivity index (χ4n) is 2.86. The molecule has 26 heavy (non-hydrogen) atoms. The highest BCUT2D eigenvalue weighted by Gasteiger charge is 2.17. The van der Waals surface area contributed by atoms with E-state index in [4.69, 9.17) is 0 Å². The molecule has 3 rings (SSSR count). The standard InChI is InChI=1S/C19H16BrFN2O3/c1-22(2)17-8-16-13(7-15(17)21)18(24)14(19(25)26)10-23(16)9-11-4-3-5-12(20)6-11/h3-8,10H,9H2,1-2H3,(H,25,26). The van der Waals surface area contributed by atoms with E-state index in [0.29, 0.717) is 17.7 Å². The second-order valence-corrected chi connectivity index (χ2v) is 7.07. The molecule has 0 bridgehead atoms. The van der Waals surface area contributed by atoms with Gasteiger partial charge in [-0.05, 0) is 29.8 Å². The predicted octanol–water partition coefficient (Wildman–Crippen LogP) is 3.72. The number of hydrogen-bond acceptors (Lipinski definition) is 3. The van der Waals surface area contributed by atoms with Crippen molar-refractivity contribution in [2.24, 2.45) is 0 Å². The van der Waals surface area contributed by atoms with Crippen LogP contribution in [0.5, 0.6) is 0 Å². The molecule has 0 aliphatic carbocycles. The van der Waals surface area contributed by atoms with Crippen LogP contribution in [0, 0.1) is 5.82 Å². The minimum Gasteiger partial charge on any atom is -0.477 e. The number of carboxylic acids is 1. The summed E-state index contributed by atoms with van der Waals surface area (Å²) in [6.07, 6.45) is 1.31. The van der Waals surface area contributed by atoms with Crippen molar-refractivity contribution >= 4 is 38.5 Å². The smallest absolute Gasteiger partial charge is 0.341 e. The van der Waals surface area contributed by atoms with Gasteiger partial charge in [0.1, 0.15) is 11.4 Å². The van der Waals surface area contributed by atoms with Crippen molar-refractivity contribution in [3.63, 3.8) is 0 Å². The van der Waals surface area contributed by atoms with Gasteiger partial charge < -0.3 is 14.6 Å². The Morgan fingerprint density at radius 2 is 2.00 bits per heavy atom. The first kappa shape index (κ1) is 18.1. The number of hydrogen-bond donors (Lipinski definition) is 1. The van der Waals surface area contributed by atoms with Crippen LogP contribution < -0.4 is 10.3 Å². The summed E-state index contributed by atoms with van der Waals surface area (Å²) in [4.78, 5) is 25.5. The van der Waals surface area contributed by atoms with Gasteiger partial charge >= 0.3 is 5.97 Å². The summed E-state index contributed by atoms with van der Waals surface area (Å²) in [5, 5.41) is 9.39. The van der Waals surface area contributed by atoms with Crippen LogP contribution in [-0.2, 0) is 6.54 Å². The van der Waals surface area contributed by atoms with E-state index in [-0.39, 0.29) is 10.9 Å². The number of aromatic carboxylic acids is 1. The molecule has 3 aromatic rings. The van der Waals surface area contributed by atoms with Gasteiger partial charge in [-0.1, -0.05) is 28.1 Å². The molecule has 1 aromatic heterocycles. The Morgan fingerprint density at radius 3 is 2.62 bits per heavy atom. The molecule has 1 heterocycles. The number of pyridine rings is 1. The Balaban J connectivity index is 2.31. The Morgan fingerprint density at radius 1 is 1.27 bits per heavy atom. The lowest BCUT2D eigenvalue weighted by molar-refractivity contribution is 0.0695. The molecule has 0 aliphatic heterocycles. The summed E-state index contributed by atoms with van der Waals surface area (Å²) in [6.45, 7) is 0.342. The molecule has 0 saturated carbocycles. The van der Waals surface area contributed by atoms with E-state index in [1.807, 2.05) is 24.3 Å². The van der Waals surface area contributed by atoms with Crippen molar-refractivity contribution in [3.8, 4) is 0 Å². The van der Waals surface area contributed by atoms with Gasteiger partial charge in [-0.15, -0.1) is 0 Å². The van der Waals surface area contributed by atoms with E-state index in [9.17, 15) is 19.1 Å². The van der Waals surface area contributed by atoms with Crippen molar-refractivity contribution in [2.75, 3.05) is 19.0 Å². The fourth-order valence-corrected chi connectivity index (χ4v) is 3.30. The molecule has 7 heteroatoms. The van der Waals surface area contributed by atoms with E-state index >= 15 is 0 Å². The molecule has 134 valence electrons. The zero-order chi connectivity index (χ0) is 19.0. The fraction of sp³-hybridized carbons (Fsp3) is 0.158. The topological polar surface area (TPSA) is 62.5 Å². The Labute approximate surface area is 157 Å². The average molecular weight is 419 g/mol. The summed E-state index contributed by atoms with van der Waals surface area (Å²) in [5.41, 5.74) is 0.635. The zero-order valence-corrected chi connectivity index (χ0v) is 15.7. The van der Waals surface area contributed by atoms with E-state index in [2.05, 4.69) is 15.9 Å². The van der Waals surface area contributed by atoms with Gasteiger partial charge in [0.15, 0.2) is 0 Å². The third kappa shape index (κ3) is 3.35. The first-order valence-corrected chi connectivity index (χ1v) is 8.59. The molecule has 0 saturated heterocycles. The van der Waals surface area contributed by atoms with Crippen molar-refractivity contribution in [3.05, 3.63) is 74.2 Å². The second-order valence-electron chi connectivity index (χ2n) is 6.15. The van der Waals surface area contributed by atoms with Crippen molar-refractivity contribution in [1.82, 2.24) is 4.57 Å². The SMILES string of the molecule is CN(C)c1cc2c(cc1F)c(=O)c(C(=O)O)cn2Cc1cccc(Br)c1. The Bertz CT molecular complexity index is 1080. The summed E-state index contributed by atoms with van der Waals surface area (Å²) in [7, 11) is 3.40. The van der Waals surface area contributed by atoms with Gasteiger partial charge in [-0.25, -0.2) is 9.18 Å². The minimum absolute atomic E-state index is 0.0444. The quantitative estimate of drug-likeness (QED) is 0.701. The van der Waals surface area contributed by atoms with Crippen molar-refractivity contribution in [1.29, 1.82) is 0 Å². The van der Waals surface area contributed by atoms with Crippen LogP contribution in [0.4, 0.5) is 10.1 Å². The summed E-state index contributed by atoms with van der Waals surface area (Å²) in [5.74, 6) is -1.91. The molecule has 0 unspecified atom stereocenters. The lowest BCUT2D eigenvalue weighted by Gasteiger charge is -2.18. The first-order chi connectivity index (χ1) is 12.3. The van der Waals surface area contributed by atoms with E-state index in [0.717, 1.165) is 16.1 Å². The van der Waals surface area contributed by atoms with Crippen LogP contribution >= 0.6 is 15.9 Å². The summed E-state index contributed by atoms with van der Waals surface area (Å²) < 4.78 is 16.9. The third-order valence-corrected chi connectivity index (χ3v) is 4.60. The number of halogens is 2. The third-order valence-electron chi connectivity index (χ3n) is 4.10. The number of rotatable bonds is 4. The van der Waals surface area contributed by atoms with Gasteiger partial charge in [0, 0.05) is 36.7 Å². The highest BCUT2D eigenvalue weighted by molar-refractivity contribution is 9.10. The average Bonchev–Trinajstić information content (AvgIpc) is 2.56. The first-order valence-electron chi connectivity index (χ1n) is 7.79. The highest BCUT2D eigenvalue weighted by atomic mass is 79.9. The molecule has 0 aliphatic rings. The molecule has 0 spiro atoms. The van der Waals surface area contributed by atoms with Crippen molar-refractivity contribution in [2.45, 2.75) is 6.54 Å². The lowest BCUT2D eigenvalue weighted by Crippen LogP contribution is -2.20. The Kier molecular flexibility index (Phi) is 4.82. The van der Waals surface area contributed by atoms with E-state index in [1.165, 1.54) is 6.20 Å². The number of carboxylic acid groups (broad SMARTS) is 1. The second kappa shape index (κ2) is 6.92. The zero-order valence-electron chi connectivity index (χ0n) is 14.2. The number of anilines is 1. The minimum atomic E-state index is -1.34. The van der Waals surface area contributed by atoms with Crippen molar-refractivity contribution < 1.29 is 14.3 Å². The van der Waals surface area contributed by atoms with Crippen LogP contribution in [-0.4, -0.2) is 29.7 Å². The molecule has 0 atom stereocenters. The highest BCUT2D eigenvalue weighted by Crippen LogP contribution is 2.24. The van der Waals surface area contributed by atoms with E-state index < -0.39 is 17.2 Å². The largest absolute Gasteiger partial charge is 0.477 e. The van der Waals surface area contributed by atoms with Gasteiger partial charge in [0.2, 0.25) is 5.43 Å². The maximum atomic E-state index is 14.4. The summed E-state index contributed by atoms with van der Waals surface area (Å²) in [6, 6.07) is 10.2. The number of benzene rings is 2. The maximum absolute atomic E-state index is 14.4. The lowest BCUT2D eigenvalue weighted by atomic mass is 10.1. The normalized spacial score (nSPS) is 10.9. The van der Waals surface area contributed by atoms with E-state index in [1.54, 1.807) is 29.6 Å². The molecule has 1 N–H and O–H groups in total. The van der Waals surface area contributed by atoms with Gasteiger partial charge in [-0.3, -0.25) is 4.79 Å². The van der Waals surface area contributed by atoms with Gasteiger partial charge in [-0.2, -0.15) is 0 Å². The molecular weight excluding hydrogens is 403 g/mol. The van der Waals surface area contributed by atoms with Crippen LogP contribution in [0.15, 0.2) is 51.9 Å². The Hall–Kier alpha value is -2.67. The van der Waals surface area contributed by atoms with Crippen LogP contribution in [0.3, 0.4) is 0 Å². The maximum Gasteiger partial charge on any atom is 0.341 e. The molecule has 2 aromatic carbocycles.